The fourth-order valence-electron chi connectivity index (χ4n) is 3.26. The minimum Gasteiger partial charge on any atom is -0.370 e. The Bertz CT molecular complexity index is 590. The Labute approximate surface area is 123 Å². The maximum Gasteiger partial charge on any atom is 0.296 e. The van der Waals surface area contributed by atoms with Gasteiger partial charge in [0.1, 0.15) is 0 Å². The first-order valence-electron chi connectivity index (χ1n) is 6.90. The summed E-state index contributed by atoms with van der Waals surface area (Å²) in [7, 11) is 0. The van der Waals surface area contributed by atoms with E-state index in [9.17, 15) is 9.59 Å². The molecular weight excluding hydrogens is 276 g/mol. The Balaban J connectivity index is 1.97. The van der Waals surface area contributed by atoms with Crippen molar-refractivity contribution in [3.05, 3.63) is 22.7 Å². The normalized spacial score (nSPS) is 25.6. The van der Waals surface area contributed by atoms with E-state index in [1.165, 1.54) is 6.42 Å². The van der Waals surface area contributed by atoms with Gasteiger partial charge in [0.2, 0.25) is 0 Å². The summed E-state index contributed by atoms with van der Waals surface area (Å²) in [5.74, 6) is 0.140. The van der Waals surface area contributed by atoms with Crippen molar-refractivity contribution in [3.63, 3.8) is 0 Å². The Morgan fingerprint density at radius 1 is 1.20 bits per heavy atom. The Morgan fingerprint density at radius 3 is 2.50 bits per heavy atom. The van der Waals surface area contributed by atoms with Gasteiger partial charge in [-0.15, -0.1) is 0 Å². The van der Waals surface area contributed by atoms with E-state index in [0.29, 0.717) is 28.1 Å². The molecule has 1 fully saturated rings. The first-order valence-corrected chi connectivity index (χ1v) is 7.27. The van der Waals surface area contributed by atoms with Crippen LogP contribution in [0.15, 0.2) is 12.1 Å². The minimum atomic E-state index is -0.575. The van der Waals surface area contributed by atoms with E-state index < -0.39 is 11.7 Å². The van der Waals surface area contributed by atoms with E-state index in [2.05, 4.69) is 24.1 Å². The van der Waals surface area contributed by atoms with Crippen LogP contribution in [0.25, 0.3) is 0 Å². The summed E-state index contributed by atoms with van der Waals surface area (Å²) in [4.78, 5) is 25.3. The third kappa shape index (κ3) is 2.18. The van der Waals surface area contributed by atoms with Crippen LogP contribution in [0.2, 0.25) is 5.02 Å². The van der Waals surface area contributed by atoms with Crippen LogP contribution >= 0.6 is 11.6 Å². The first-order chi connectivity index (χ1) is 9.45. The highest BCUT2D eigenvalue weighted by molar-refractivity contribution is 6.52. The quantitative estimate of drug-likeness (QED) is 0.810. The SMILES string of the molecule is CC1CC(C)CN(c2cc3c(cc2Cl)C(=O)C(=O)N3)C1. The molecule has 1 aromatic rings. The summed E-state index contributed by atoms with van der Waals surface area (Å²) in [6.45, 7) is 6.36. The van der Waals surface area contributed by atoms with Crippen molar-refractivity contribution in [3.8, 4) is 0 Å². The van der Waals surface area contributed by atoms with E-state index in [1.54, 1.807) is 6.07 Å². The number of halogens is 1. The molecule has 0 bridgehead atoms. The lowest BCUT2D eigenvalue weighted by Gasteiger charge is -2.37. The van der Waals surface area contributed by atoms with Crippen molar-refractivity contribution in [2.24, 2.45) is 11.8 Å². The van der Waals surface area contributed by atoms with Gasteiger partial charge in [-0.2, -0.15) is 0 Å². The van der Waals surface area contributed by atoms with E-state index in [4.69, 9.17) is 11.6 Å². The van der Waals surface area contributed by atoms with Crippen LogP contribution in [-0.2, 0) is 4.79 Å². The molecule has 5 heteroatoms. The Morgan fingerprint density at radius 2 is 1.85 bits per heavy atom. The number of hydrogen-bond donors (Lipinski definition) is 1. The third-order valence-electron chi connectivity index (χ3n) is 4.00. The van der Waals surface area contributed by atoms with Crippen molar-refractivity contribution < 1.29 is 9.59 Å². The molecular formula is C15H17ClN2O2. The van der Waals surface area contributed by atoms with Crippen LogP contribution in [0.1, 0.15) is 30.6 Å². The number of nitrogens with zero attached hydrogens (tertiary/aromatic N) is 1. The topological polar surface area (TPSA) is 49.4 Å². The number of rotatable bonds is 1. The standard InChI is InChI=1S/C15H17ClN2O2/c1-8-3-9(2)7-18(6-8)13-5-12-10(4-11(13)16)14(19)15(20)17-12/h4-5,8-9H,3,6-7H2,1-2H3,(H,17,19,20). The molecule has 1 amide bonds. The molecule has 0 radical (unpaired) electrons. The second-order valence-corrected chi connectivity index (χ2v) is 6.39. The first kappa shape index (κ1) is 13.4. The largest absolute Gasteiger partial charge is 0.370 e. The summed E-state index contributed by atoms with van der Waals surface area (Å²) >= 11 is 6.32. The molecule has 0 aliphatic carbocycles. The summed E-state index contributed by atoms with van der Waals surface area (Å²) in [6.07, 6.45) is 1.22. The molecule has 2 aliphatic heterocycles. The number of amides is 1. The van der Waals surface area contributed by atoms with Gasteiger partial charge in [-0.3, -0.25) is 9.59 Å². The van der Waals surface area contributed by atoms with Crippen LogP contribution < -0.4 is 10.2 Å². The molecule has 2 atom stereocenters. The van der Waals surface area contributed by atoms with Gasteiger partial charge in [-0.1, -0.05) is 25.4 Å². The van der Waals surface area contributed by atoms with E-state index >= 15 is 0 Å². The van der Waals surface area contributed by atoms with Crippen LogP contribution in [0, 0.1) is 11.8 Å². The Kier molecular flexibility index (Phi) is 3.21. The molecule has 0 aromatic heterocycles. The number of ketones is 1. The highest BCUT2D eigenvalue weighted by Gasteiger charge is 2.31. The zero-order chi connectivity index (χ0) is 14.4. The van der Waals surface area contributed by atoms with E-state index in [0.717, 1.165) is 18.8 Å². The summed E-state index contributed by atoms with van der Waals surface area (Å²) in [5.41, 5.74) is 1.85. The van der Waals surface area contributed by atoms with E-state index in [1.807, 2.05) is 6.07 Å². The van der Waals surface area contributed by atoms with Gasteiger partial charge in [0.05, 0.1) is 22.0 Å². The molecule has 106 valence electrons. The number of Topliss-reactive ketones (excluding diaryl/α,β-unsaturated/α-hetero) is 1. The molecule has 0 spiro atoms. The summed E-state index contributed by atoms with van der Waals surface area (Å²) < 4.78 is 0. The fraction of sp³-hybridized carbons (Fsp3) is 0.467. The molecule has 3 rings (SSSR count). The average Bonchev–Trinajstić information content (AvgIpc) is 2.63. The Hall–Kier alpha value is -1.55. The average molecular weight is 293 g/mol. The number of benzene rings is 1. The van der Waals surface area contributed by atoms with Crippen LogP contribution in [0.4, 0.5) is 11.4 Å². The number of fused-ring (bicyclic) bond motifs is 1. The summed E-state index contributed by atoms with van der Waals surface area (Å²) in [6, 6.07) is 3.43. The maximum atomic E-state index is 11.7. The predicted molar refractivity (Wildman–Crippen MR) is 79.6 cm³/mol. The number of piperidine rings is 1. The number of carbonyl (C=O) groups is 2. The highest BCUT2D eigenvalue weighted by Crippen LogP contribution is 2.37. The van der Waals surface area contributed by atoms with Gasteiger partial charge < -0.3 is 10.2 Å². The van der Waals surface area contributed by atoms with Gasteiger partial charge in [0.25, 0.3) is 11.7 Å². The lowest BCUT2D eigenvalue weighted by Crippen LogP contribution is -2.38. The molecule has 4 nitrogen and oxygen atoms in total. The van der Waals surface area contributed by atoms with Crippen molar-refractivity contribution in [2.45, 2.75) is 20.3 Å². The van der Waals surface area contributed by atoms with Gasteiger partial charge in [-0.05, 0) is 30.4 Å². The van der Waals surface area contributed by atoms with Crippen molar-refractivity contribution >= 4 is 34.7 Å². The van der Waals surface area contributed by atoms with Crippen molar-refractivity contribution in [1.82, 2.24) is 0 Å². The highest BCUT2D eigenvalue weighted by atomic mass is 35.5. The molecule has 0 saturated carbocycles. The predicted octanol–water partition coefficient (Wildman–Crippen LogP) is 2.96. The molecule has 1 aromatic carbocycles. The third-order valence-corrected chi connectivity index (χ3v) is 4.30. The van der Waals surface area contributed by atoms with Crippen LogP contribution in [0.5, 0.6) is 0 Å². The van der Waals surface area contributed by atoms with Crippen molar-refractivity contribution in [2.75, 3.05) is 23.3 Å². The molecule has 2 unspecified atom stereocenters. The van der Waals surface area contributed by atoms with Gasteiger partial charge >= 0.3 is 0 Å². The lowest BCUT2D eigenvalue weighted by molar-refractivity contribution is -0.112. The molecule has 2 heterocycles. The summed E-state index contributed by atoms with van der Waals surface area (Å²) in [5, 5.41) is 3.14. The number of carbonyl (C=O) groups excluding carboxylic acids is 2. The smallest absolute Gasteiger partial charge is 0.296 e. The second kappa shape index (κ2) is 4.77. The number of hydrogen-bond acceptors (Lipinski definition) is 3. The zero-order valence-corrected chi connectivity index (χ0v) is 12.3. The van der Waals surface area contributed by atoms with Crippen molar-refractivity contribution in [1.29, 1.82) is 0 Å². The van der Waals surface area contributed by atoms with Gasteiger partial charge in [-0.25, -0.2) is 0 Å². The molecule has 20 heavy (non-hydrogen) atoms. The van der Waals surface area contributed by atoms with Gasteiger partial charge in [0.15, 0.2) is 0 Å². The lowest BCUT2D eigenvalue weighted by atomic mass is 9.91. The van der Waals surface area contributed by atoms with Crippen LogP contribution in [0.3, 0.4) is 0 Å². The second-order valence-electron chi connectivity index (χ2n) is 5.98. The molecule has 1 N–H and O–H groups in total. The molecule has 1 saturated heterocycles. The maximum absolute atomic E-state index is 11.7. The zero-order valence-electron chi connectivity index (χ0n) is 11.6. The monoisotopic (exact) mass is 292 g/mol. The molecule has 2 aliphatic rings. The number of anilines is 2. The van der Waals surface area contributed by atoms with E-state index in [-0.39, 0.29) is 0 Å². The minimum absolute atomic E-state index is 0.377. The van der Waals surface area contributed by atoms with Crippen LogP contribution in [-0.4, -0.2) is 24.8 Å². The number of nitrogens with one attached hydrogen (secondary N) is 1. The fourth-order valence-corrected chi connectivity index (χ4v) is 3.54. The van der Waals surface area contributed by atoms with Gasteiger partial charge in [0, 0.05) is 13.1 Å².